The maximum Gasteiger partial charge on any atom is 0.165 e. The van der Waals surface area contributed by atoms with Gasteiger partial charge in [0.15, 0.2) is 5.75 Å². The summed E-state index contributed by atoms with van der Waals surface area (Å²) in [6.07, 6.45) is 3.59. The summed E-state index contributed by atoms with van der Waals surface area (Å²) in [5.74, 6) is 1.55. The van der Waals surface area contributed by atoms with Crippen LogP contribution in [0.3, 0.4) is 0 Å². The molecule has 0 spiro atoms. The molecule has 17 heavy (non-hydrogen) atoms. The van der Waals surface area contributed by atoms with Gasteiger partial charge in [-0.2, -0.15) is 5.10 Å². The molecule has 0 bridgehead atoms. The van der Waals surface area contributed by atoms with Gasteiger partial charge in [-0.15, -0.1) is 0 Å². The number of hydrogen-bond donors (Lipinski definition) is 1. The highest BCUT2D eigenvalue weighted by molar-refractivity contribution is 5.32. The summed E-state index contributed by atoms with van der Waals surface area (Å²) < 4.78 is 7.50. The first-order chi connectivity index (χ1) is 8.19. The molecule has 0 saturated carbocycles. The van der Waals surface area contributed by atoms with E-state index in [-0.39, 0.29) is 6.04 Å². The highest BCUT2D eigenvalue weighted by atomic mass is 16.5. The summed E-state index contributed by atoms with van der Waals surface area (Å²) >= 11 is 0. The Morgan fingerprint density at radius 3 is 2.53 bits per heavy atom. The number of aromatic nitrogens is 2. The van der Waals surface area contributed by atoms with Crippen molar-refractivity contribution in [1.29, 1.82) is 0 Å². The quantitative estimate of drug-likeness (QED) is 0.880. The van der Waals surface area contributed by atoms with Crippen LogP contribution in [0.5, 0.6) is 11.5 Å². The molecule has 0 aliphatic heterocycles. The molecule has 0 radical (unpaired) electrons. The topological polar surface area (TPSA) is 53.1 Å². The van der Waals surface area contributed by atoms with Gasteiger partial charge < -0.3 is 10.5 Å². The van der Waals surface area contributed by atoms with E-state index < -0.39 is 0 Å². The van der Waals surface area contributed by atoms with Crippen LogP contribution >= 0.6 is 0 Å². The van der Waals surface area contributed by atoms with Crippen LogP contribution in [0.15, 0.2) is 36.7 Å². The fraction of sp³-hybridized carbons (Fsp3) is 0.308. The SMILES string of the molecule is CCn1cc(Oc2ccc([C@@H](C)N)cc2)cn1. The number of ether oxygens (including phenoxy) is 1. The van der Waals surface area contributed by atoms with Crippen LogP contribution in [0.1, 0.15) is 25.5 Å². The van der Waals surface area contributed by atoms with E-state index in [1.807, 2.05) is 49.0 Å². The maximum absolute atomic E-state index is 5.78. The third-order valence-electron chi connectivity index (χ3n) is 2.58. The second-order valence-corrected chi connectivity index (χ2v) is 3.99. The van der Waals surface area contributed by atoms with E-state index in [0.717, 1.165) is 23.6 Å². The van der Waals surface area contributed by atoms with Crippen LogP contribution in [0.25, 0.3) is 0 Å². The molecule has 4 heteroatoms. The number of nitrogens with zero attached hydrogens (tertiary/aromatic N) is 2. The molecule has 1 heterocycles. The van der Waals surface area contributed by atoms with E-state index in [4.69, 9.17) is 10.5 Å². The zero-order chi connectivity index (χ0) is 12.3. The van der Waals surface area contributed by atoms with E-state index in [9.17, 15) is 0 Å². The Bertz CT molecular complexity index is 474. The predicted octanol–water partition coefficient (Wildman–Crippen LogP) is 2.72. The minimum atomic E-state index is 0.0480. The number of rotatable bonds is 4. The van der Waals surface area contributed by atoms with Crippen molar-refractivity contribution < 1.29 is 4.74 Å². The van der Waals surface area contributed by atoms with Gasteiger partial charge in [0.2, 0.25) is 0 Å². The monoisotopic (exact) mass is 231 g/mol. The Hall–Kier alpha value is -1.81. The molecule has 0 fully saturated rings. The first-order valence-electron chi connectivity index (χ1n) is 5.75. The zero-order valence-corrected chi connectivity index (χ0v) is 10.1. The number of nitrogens with two attached hydrogens (primary N) is 1. The molecule has 1 aromatic carbocycles. The molecule has 90 valence electrons. The van der Waals surface area contributed by atoms with E-state index in [0.29, 0.717) is 0 Å². The van der Waals surface area contributed by atoms with E-state index in [2.05, 4.69) is 5.10 Å². The third-order valence-corrected chi connectivity index (χ3v) is 2.58. The van der Waals surface area contributed by atoms with Crippen LogP contribution in [-0.4, -0.2) is 9.78 Å². The van der Waals surface area contributed by atoms with Gasteiger partial charge >= 0.3 is 0 Å². The van der Waals surface area contributed by atoms with Crippen LogP contribution in [0, 0.1) is 0 Å². The molecule has 0 unspecified atom stereocenters. The van der Waals surface area contributed by atoms with Gasteiger partial charge in [0.1, 0.15) is 5.75 Å². The third kappa shape index (κ3) is 2.85. The minimum absolute atomic E-state index is 0.0480. The maximum atomic E-state index is 5.78. The van der Waals surface area contributed by atoms with Crippen LogP contribution in [0.4, 0.5) is 0 Å². The summed E-state index contributed by atoms with van der Waals surface area (Å²) in [7, 11) is 0. The molecule has 1 aromatic heterocycles. The van der Waals surface area contributed by atoms with Gasteiger partial charge in [-0.1, -0.05) is 12.1 Å². The largest absolute Gasteiger partial charge is 0.454 e. The molecule has 2 N–H and O–H groups in total. The van der Waals surface area contributed by atoms with Crippen LogP contribution < -0.4 is 10.5 Å². The van der Waals surface area contributed by atoms with Gasteiger partial charge in [-0.3, -0.25) is 4.68 Å². The van der Waals surface area contributed by atoms with Gasteiger partial charge in [0.05, 0.1) is 12.4 Å². The molecular weight excluding hydrogens is 214 g/mol. The summed E-state index contributed by atoms with van der Waals surface area (Å²) in [6.45, 7) is 4.84. The highest BCUT2D eigenvalue weighted by Gasteiger charge is 2.02. The fourth-order valence-electron chi connectivity index (χ4n) is 1.55. The van der Waals surface area contributed by atoms with Crippen LogP contribution in [-0.2, 0) is 6.54 Å². The van der Waals surface area contributed by atoms with Crippen molar-refractivity contribution in [3.8, 4) is 11.5 Å². The summed E-state index contributed by atoms with van der Waals surface area (Å²) in [6, 6.07) is 7.84. The molecule has 0 saturated heterocycles. The summed E-state index contributed by atoms with van der Waals surface area (Å²) in [5, 5.41) is 4.15. The Kier molecular flexibility index (Phi) is 3.44. The Morgan fingerprint density at radius 2 is 2.00 bits per heavy atom. The zero-order valence-electron chi connectivity index (χ0n) is 10.1. The van der Waals surface area contributed by atoms with Crippen molar-refractivity contribution >= 4 is 0 Å². The second kappa shape index (κ2) is 5.01. The second-order valence-electron chi connectivity index (χ2n) is 3.99. The Morgan fingerprint density at radius 1 is 1.29 bits per heavy atom. The van der Waals surface area contributed by atoms with E-state index >= 15 is 0 Å². The summed E-state index contributed by atoms with van der Waals surface area (Å²) in [4.78, 5) is 0. The van der Waals surface area contributed by atoms with E-state index in [1.54, 1.807) is 6.20 Å². The van der Waals surface area contributed by atoms with Gasteiger partial charge in [-0.05, 0) is 31.5 Å². The van der Waals surface area contributed by atoms with Crippen molar-refractivity contribution in [2.75, 3.05) is 0 Å². The normalized spacial score (nSPS) is 12.4. The lowest BCUT2D eigenvalue weighted by Crippen LogP contribution is -2.04. The molecule has 0 aliphatic carbocycles. The average molecular weight is 231 g/mol. The first kappa shape index (κ1) is 11.7. The number of benzene rings is 1. The van der Waals surface area contributed by atoms with Gasteiger partial charge in [0.25, 0.3) is 0 Å². The molecule has 1 atom stereocenters. The highest BCUT2D eigenvalue weighted by Crippen LogP contribution is 2.22. The number of aryl methyl sites for hydroxylation is 1. The standard InChI is InChI=1S/C13H17N3O/c1-3-16-9-13(8-15-16)17-12-6-4-11(5-7-12)10(2)14/h4-10H,3,14H2,1-2H3/t10-/m1/s1. The smallest absolute Gasteiger partial charge is 0.165 e. The van der Waals surface area contributed by atoms with E-state index in [1.165, 1.54) is 0 Å². The van der Waals surface area contributed by atoms with Crippen LogP contribution in [0.2, 0.25) is 0 Å². The number of hydrogen-bond acceptors (Lipinski definition) is 3. The average Bonchev–Trinajstić information content (AvgIpc) is 2.77. The molecule has 2 rings (SSSR count). The molecule has 2 aromatic rings. The fourth-order valence-corrected chi connectivity index (χ4v) is 1.55. The Balaban J connectivity index is 2.08. The Labute approximate surface area is 101 Å². The van der Waals surface area contributed by atoms with Crippen molar-refractivity contribution in [3.63, 3.8) is 0 Å². The lowest BCUT2D eigenvalue weighted by atomic mass is 10.1. The van der Waals surface area contributed by atoms with Gasteiger partial charge in [-0.25, -0.2) is 0 Å². The van der Waals surface area contributed by atoms with Crippen molar-refractivity contribution in [2.24, 2.45) is 5.73 Å². The van der Waals surface area contributed by atoms with Crippen molar-refractivity contribution in [2.45, 2.75) is 26.4 Å². The van der Waals surface area contributed by atoms with Crippen molar-refractivity contribution in [1.82, 2.24) is 9.78 Å². The minimum Gasteiger partial charge on any atom is -0.454 e. The lowest BCUT2D eigenvalue weighted by molar-refractivity contribution is 0.481. The van der Waals surface area contributed by atoms with Crippen molar-refractivity contribution in [3.05, 3.63) is 42.2 Å². The molecule has 0 aliphatic rings. The lowest BCUT2D eigenvalue weighted by Gasteiger charge is -2.07. The molecular formula is C13H17N3O. The van der Waals surface area contributed by atoms with Gasteiger partial charge in [0, 0.05) is 12.6 Å². The molecule has 4 nitrogen and oxygen atoms in total. The molecule has 0 amide bonds. The predicted molar refractivity (Wildman–Crippen MR) is 67.0 cm³/mol. The first-order valence-corrected chi connectivity index (χ1v) is 5.75. The summed E-state index contributed by atoms with van der Waals surface area (Å²) in [5.41, 5.74) is 6.88.